The van der Waals surface area contributed by atoms with Crippen LogP contribution in [0.3, 0.4) is 0 Å². The van der Waals surface area contributed by atoms with Crippen LogP contribution in [0.15, 0.2) is 91.7 Å². The zero-order valence-electron chi connectivity index (χ0n) is 25.2. The molecular formula is C34H32F2N6O4. The van der Waals surface area contributed by atoms with E-state index in [1.165, 1.54) is 24.5 Å². The van der Waals surface area contributed by atoms with E-state index in [1.807, 2.05) is 12.2 Å². The number of carbonyl (C=O) groups excluding carboxylic acids is 1. The molecule has 12 heteroatoms. The SMILES string of the molecule is C=CC(=O)N1CCC(Oc2cc3c(Nc4ccc(Oc5ccn(C6=C/C=C(/F)CCC=C6)n5)cc4F)ncnc3cc2OC)CC1. The number of rotatable bonds is 9. The molecule has 1 fully saturated rings. The van der Waals surface area contributed by atoms with Crippen molar-refractivity contribution >= 4 is 34.0 Å². The van der Waals surface area contributed by atoms with Crippen LogP contribution in [0.1, 0.15) is 25.7 Å². The van der Waals surface area contributed by atoms with Gasteiger partial charge in [-0.2, -0.15) is 0 Å². The van der Waals surface area contributed by atoms with Crippen LogP contribution in [0.2, 0.25) is 0 Å². The molecule has 0 saturated carbocycles. The van der Waals surface area contributed by atoms with Gasteiger partial charge in [0.05, 0.1) is 24.0 Å². The molecule has 1 amide bonds. The largest absolute Gasteiger partial charge is 0.493 e. The van der Waals surface area contributed by atoms with E-state index in [2.05, 4.69) is 27.0 Å². The first-order chi connectivity index (χ1) is 22.4. The Morgan fingerprint density at radius 2 is 1.93 bits per heavy atom. The van der Waals surface area contributed by atoms with Crippen molar-refractivity contribution < 1.29 is 27.8 Å². The fourth-order valence-electron chi connectivity index (χ4n) is 5.23. The third-order valence-electron chi connectivity index (χ3n) is 7.66. The highest BCUT2D eigenvalue weighted by atomic mass is 19.1. The van der Waals surface area contributed by atoms with Gasteiger partial charge in [0.15, 0.2) is 11.5 Å². The number of anilines is 2. The van der Waals surface area contributed by atoms with E-state index >= 15 is 4.39 Å². The zero-order valence-corrected chi connectivity index (χ0v) is 25.2. The number of halogens is 2. The van der Waals surface area contributed by atoms with Gasteiger partial charge in [0.25, 0.3) is 0 Å². The molecule has 1 aliphatic carbocycles. The summed E-state index contributed by atoms with van der Waals surface area (Å²) in [5.41, 5.74) is 1.43. The summed E-state index contributed by atoms with van der Waals surface area (Å²) in [7, 11) is 1.55. The molecule has 4 aromatic rings. The Kier molecular flexibility index (Phi) is 9.04. The number of methoxy groups -OCH3 is 1. The number of nitrogens with one attached hydrogen (secondary N) is 1. The van der Waals surface area contributed by atoms with Crippen molar-refractivity contribution in [1.29, 1.82) is 0 Å². The number of ether oxygens (including phenoxy) is 3. The highest BCUT2D eigenvalue weighted by Crippen LogP contribution is 2.37. The zero-order chi connectivity index (χ0) is 32.0. The molecule has 10 nitrogen and oxygen atoms in total. The first-order valence-corrected chi connectivity index (χ1v) is 14.8. The van der Waals surface area contributed by atoms with Gasteiger partial charge in [-0.05, 0) is 48.9 Å². The van der Waals surface area contributed by atoms with Crippen LogP contribution in [-0.2, 0) is 4.79 Å². The van der Waals surface area contributed by atoms with E-state index in [0.29, 0.717) is 72.7 Å². The molecule has 1 saturated heterocycles. The van der Waals surface area contributed by atoms with Gasteiger partial charge < -0.3 is 24.4 Å². The number of hydrogen-bond donors (Lipinski definition) is 1. The van der Waals surface area contributed by atoms with Gasteiger partial charge in [0.1, 0.15) is 35.6 Å². The molecule has 1 N–H and O–H groups in total. The van der Waals surface area contributed by atoms with Gasteiger partial charge in [-0.3, -0.25) is 4.79 Å². The molecule has 2 aromatic carbocycles. The molecule has 236 valence electrons. The number of nitrogens with zero attached hydrogens (tertiary/aromatic N) is 5. The molecule has 2 aliphatic rings. The number of aromatic nitrogens is 4. The molecule has 0 unspecified atom stereocenters. The minimum atomic E-state index is -0.569. The molecule has 0 bridgehead atoms. The lowest BCUT2D eigenvalue weighted by molar-refractivity contribution is -0.127. The van der Waals surface area contributed by atoms with Gasteiger partial charge in [0, 0.05) is 62.1 Å². The van der Waals surface area contributed by atoms with Crippen molar-refractivity contribution in [2.45, 2.75) is 31.8 Å². The van der Waals surface area contributed by atoms with Gasteiger partial charge in [-0.25, -0.2) is 23.4 Å². The summed E-state index contributed by atoms with van der Waals surface area (Å²) in [6.07, 6.45) is 13.3. The first-order valence-electron chi connectivity index (χ1n) is 14.8. The molecular weight excluding hydrogens is 594 g/mol. The van der Waals surface area contributed by atoms with Crippen LogP contribution in [0.5, 0.6) is 23.1 Å². The average Bonchev–Trinajstić information content (AvgIpc) is 3.52. The maximum absolute atomic E-state index is 15.3. The number of piperidine rings is 1. The number of likely N-dealkylation sites (tertiary alicyclic amines) is 1. The number of fused-ring (bicyclic) bond motifs is 1. The Hall–Kier alpha value is -5.52. The van der Waals surface area contributed by atoms with E-state index < -0.39 is 5.82 Å². The van der Waals surface area contributed by atoms with Crippen molar-refractivity contribution in [3.8, 4) is 23.1 Å². The molecule has 0 spiro atoms. The van der Waals surface area contributed by atoms with Crippen molar-refractivity contribution in [1.82, 2.24) is 24.6 Å². The lowest BCUT2D eigenvalue weighted by Crippen LogP contribution is -2.41. The Morgan fingerprint density at radius 3 is 2.72 bits per heavy atom. The number of benzene rings is 2. The lowest BCUT2D eigenvalue weighted by Gasteiger charge is -2.31. The Morgan fingerprint density at radius 1 is 1.09 bits per heavy atom. The van der Waals surface area contributed by atoms with Gasteiger partial charge in [-0.1, -0.05) is 12.7 Å². The second kappa shape index (κ2) is 13.6. The molecule has 6 rings (SSSR count). The predicted molar refractivity (Wildman–Crippen MR) is 170 cm³/mol. The van der Waals surface area contributed by atoms with Crippen molar-refractivity contribution in [3.05, 3.63) is 97.5 Å². The molecule has 1 aliphatic heterocycles. The average molecular weight is 627 g/mol. The lowest BCUT2D eigenvalue weighted by atomic mass is 10.1. The van der Waals surface area contributed by atoms with E-state index in [4.69, 9.17) is 14.2 Å². The summed E-state index contributed by atoms with van der Waals surface area (Å²) in [6, 6.07) is 9.57. The van der Waals surface area contributed by atoms with E-state index in [1.54, 1.807) is 59.3 Å². The number of amides is 1. The molecule has 3 heterocycles. The van der Waals surface area contributed by atoms with E-state index in [0.717, 1.165) is 0 Å². The van der Waals surface area contributed by atoms with Crippen LogP contribution in [0, 0.1) is 5.82 Å². The van der Waals surface area contributed by atoms with Gasteiger partial charge in [-0.15, -0.1) is 5.10 Å². The summed E-state index contributed by atoms with van der Waals surface area (Å²) in [4.78, 5) is 22.4. The smallest absolute Gasteiger partial charge is 0.245 e. The summed E-state index contributed by atoms with van der Waals surface area (Å²) in [5.74, 6) is 1.01. The fourth-order valence-corrected chi connectivity index (χ4v) is 5.23. The van der Waals surface area contributed by atoms with E-state index in [9.17, 15) is 9.18 Å². The topological polar surface area (TPSA) is 104 Å². The third kappa shape index (κ3) is 6.90. The fraction of sp³-hybridized carbons (Fsp3) is 0.235. The van der Waals surface area contributed by atoms with Crippen molar-refractivity contribution in [3.63, 3.8) is 0 Å². The monoisotopic (exact) mass is 626 g/mol. The maximum Gasteiger partial charge on any atom is 0.245 e. The number of allylic oxidation sites excluding steroid dienone is 6. The summed E-state index contributed by atoms with van der Waals surface area (Å²) in [6.45, 7) is 4.69. The van der Waals surface area contributed by atoms with Crippen LogP contribution < -0.4 is 19.5 Å². The highest BCUT2D eigenvalue weighted by molar-refractivity contribution is 5.93. The summed E-state index contributed by atoms with van der Waals surface area (Å²) >= 11 is 0. The minimum absolute atomic E-state index is 0.0929. The van der Waals surface area contributed by atoms with Crippen molar-refractivity contribution in [2.24, 2.45) is 0 Å². The normalized spacial score (nSPS) is 16.5. The van der Waals surface area contributed by atoms with Gasteiger partial charge in [0.2, 0.25) is 11.8 Å². The standard InChI is InChI=1S/C34H32F2N6O4/c1-3-33(43)41-15-12-24(13-16-41)45-31-19-26-29(20-30(31)44-2)37-21-38-34(26)39-28-11-10-25(18-27(28)36)46-32-14-17-42(40-32)23-7-5-4-6-22(35)8-9-23/h3,5,7-11,14,17-21,24H,1,4,6,12-13,15-16H2,2H3,(H,37,38,39)/b7-5?,22-8+,23-9?. The Labute approximate surface area is 264 Å². The molecule has 2 aromatic heterocycles. The van der Waals surface area contributed by atoms with E-state index in [-0.39, 0.29) is 35.2 Å². The number of hydrogen-bond acceptors (Lipinski definition) is 8. The second-order valence-corrected chi connectivity index (χ2v) is 10.7. The minimum Gasteiger partial charge on any atom is -0.493 e. The van der Waals surface area contributed by atoms with Crippen molar-refractivity contribution in [2.75, 3.05) is 25.5 Å². The molecule has 46 heavy (non-hydrogen) atoms. The summed E-state index contributed by atoms with van der Waals surface area (Å²) < 4.78 is 48.3. The quantitative estimate of drug-likeness (QED) is 0.196. The second-order valence-electron chi connectivity index (χ2n) is 10.7. The van der Waals surface area contributed by atoms with Crippen LogP contribution in [0.25, 0.3) is 16.6 Å². The predicted octanol–water partition coefficient (Wildman–Crippen LogP) is 7.11. The Balaban J connectivity index is 1.17. The third-order valence-corrected chi connectivity index (χ3v) is 7.66. The van der Waals surface area contributed by atoms with Crippen LogP contribution >= 0.6 is 0 Å². The molecule has 0 atom stereocenters. The van der Waals surface area contributed by atoms with Gasteiger partial charge >= 0.3 is 0 Å². The molecule has 0 radical (unpaired) electrons. The summed E-state index contributed by atoms with van der Waals surface area (Å²) in [5, 5.41) is 8.05. The maximum atomic E-state index is 15.3. The Bertz CT molecular complexity index is 1860. The van der Waals surface area contributed by atoms with Crippen LogP contribution in [0.4, 0.5) is 20.3 Å². The van der Waals surface area contributed by atoms with Crippen LogP contribution in [-0.4, -0.2) is 56.9 Å². The highest BCUT2D eigenvalue weighted by Gasteiger charge is 2.24. The number of carbonyl (C=O) groups is 1. The first kappa shape index (κ1) is 30.5.